The molecule has 1 atom stereocenters. The summed E-state index contributed by atoms with van der Waals surface area (Å²) in [5.74, 6) is 0.423. The number of nitrogens with zero attached hydrogens (tertiary/aromatic N) is 2. The quantitative estimate of drug-likeness (QED) is 0.739. The van der Waals surface area contributed by atoms with Gasteiger partial charge in [0, 0.05) is 12.1 Å². The predicted molar refractivity (Wildman–Crippen MR) is 60.4 cm³/mol. The van der Waals surface area contributed by atoms with Gasteiger partial charge in [-0.15, -0.1) is 0 Å². The molecule has 0 aromatic carbocycles. The van der Waals surface area contributed by atoms with Crippen molar-refractivity contribution in [3.05, 3.63) is 16.7 Å². The minimum atomic E-state index is 0.220. The third-order valence-corrected chi connectivity index (χ3v) is 3.07. The van der Waals surface area contributed by atoms with Crippen LogP contribution in [0.4, 0.5) is 0 Å². The van der Waals surface area contributed by atoms with E-state index in [0.717, 1.165) is 25.3 Å². The van der Waals surface area contributed by atoms with Gasteiger partial charge in [-0.2, -0.15) is 0 Å². The lowest BCUT2D eigenvalue weighted by molar-refractivity contribution is 0.0664. The van der Waals surface area contributed by atoms with Gasteiger partial charge in [0.2, 0.25) is 5.28 Å². The number of imidazole rings is 1. The number of hydrogen-bond donors (Lipinski definition) is 0. The molecule has 3 nitrogen and oxygen atoms in total. The highest BCUT2D eigenvalue weighted by molar-refractivity contribution is 6.28. The Morgan fingerprint density at radius 2 is 2.27 bits per heavy atom. The summed E-state index contributed by atoms with van der Waals surface area (Å²) in [6.45, 7) is 7.95. The lowest BCUT2D eigenvalue weighted by atomic mass is 10.1. The van der Waals surface area contributed by atoms with E-state index in [0.29, 0.717) is 11.2 Å². The summed E-state index contributed by atoms with van der Waals surface area (Å²) < 4.78 is 7.72. The van der Waals surface area contributed by atoms with Crippen molar-refractivity contribution < 1.29 is 4.74 Å². The van der Waals surface area contributed by atoms with Crippen molar-refractivity contribution in [1.29, 1.82) is 0 Å². The zero-order valence-corrected chi connectivity index (χ0v) is 10.2. The highest BCUT2D eigenvalue weighted by Gasteiger charge is 2.22. The second kappa shape index (κ2) is 4.14. The first-order chi connectivity index (χ1) is 7.09. The summed E-state index contributed by atoms with van der Waals surface area (Å²) in [4.78, 5) is 4.44. The topological polar surface area (TPSA) is 27.1 Å². The number of ether oxygens (including phenoxy) is 1. The molecule has 0 fully saturated rings. The molecule has 15 heavy (non-hydrogen) atoms. The van der Waals surface area contributed by atoms with Crippen LogP contribution in [0, 0.1) is 0 Å². The van der Waals surface area contributed by atoms with Crippen LogP contribution < -0.4 is 0 Å². The van der Waals surface area contributed by atoms with E-state index < -0.39 is 0 Å². The summed E-state index contributed by atoms with van der Waals surface area (Å²) >= 11 is 6.14. The second-order valence-electron chi connectivity index (χ2n) is 4.41. The summed E-state index contributed by atoms with van der Waals surface area (Å²) in [5, 5.41) is 0.603. The molecule has 84 valence electrons. The molecular weight excluding hydrogens is 212 g/mol. The summed E-state index contributed by atoms with van der Waals surface area (Å²) in [6, 6.07) is 0. The first-order valence-corrected chi connectivity index (χ1v) is 5.83. The van der Waals surface area contributed by atoms with Gasteiger partial charge in [-0.05, 0) is 24.4 Å². The Morgan fingerprint density at radius 3 is 2.93 bits per heavy atom. The molecule has 1 aliphatic heterocycles. The number of rotatable bonds is 1. The molecule has 0 unspecified atom stereocenters. The Labute approximate surface area is 95.4 Å². The van der Waals surface area contributed by atoms with Crippen LogP contribution in [0.25, 0.3) is 0 Å². The Bertz CT molecular complexity index is 360. The molecule has 2 heterocycles. The molecule has 0 spiro atoms. The van der Waals surface area contributed by atoms with Crippen LogP contribution in [0.1, 0.15) is 38.1 Å². The van der Waals surface area contributed by atoms with Gasteiger partial charge in [0.05, 0.1) is 24.9 Å². The van der Waals surface area contributed by atoms with Crippen molar-refractivity contribution in [2.24, 2.45) is 0 Å². The van der Waals surface area contributed by atoms with E-state index >= 15 is 0 Å². The van der Waals surface area contributed by atoms with E-state index in [-0.39, 0.29) is 6.10 Å². The molecule has 0 saturated carbocycles. The number of aromatic nitrogens is 2. The first-order valence-electron chi connectivity index (χ1n) is 5.46. The van der Waals surface area contributed by atoms with Crippen LogP contribution in [0.5, 0.6) is 0 Å². The zero-order valence-electron chi connectivity index (χ0n) is 9.46. The van der Waals surface area contributed by atoms with E-state index in [1.165, 1.54) is 5.69 Å². The largest absolute Gasteiger partial charge is 0.376 e. The van der Waals surface area contributed by atoms with Gasteiger partial charge in [0.25, 0.3) is 0 Å². The van der Waals surface area contributed by atoms with Crippen molar-refractivity contribution in [1.82, 2.24) is 9.55 Å². The van der Waals surface area contributed by atoms with Crippen molar-refractivity contribution in [3.63, 3.8) is 0 Å². The highest BCUT2D eigenvalue weighted by Crippen LogP contribution is 2.26. The summed E-state index contributed by atoms with van der Waals surface area (Å²) in [5.41, 5.74) is 2.37. The van der Waals surface area contributed by atoms with Crippen LogP contribution >= 0.6 is 11.6 Å². The van der Waals surface area contributed by atoms with E-state index in [9.17, 15) is 0 Å². The van der Waals surface area contributed by atoms with Gasteiger partial charge < -0.3 is 9.30 Å². The third-order valence-electron chi connectivity index (χ3n) is 2.78. The number of halogens is 1. The average molecular weight is 229 g/mol. The molecule has 0 N–H and O–H groups in total. The fraction of sp³-hybridized carbons (Fsp3) is 0.727. The third kappa shape index (κ3) is 2.04. The summed E-state index contributed by atoms with van der Waals surface area (Å²) in [6.07, 6.45) is 1.13. The van der Waals surface area contributed by atoms with E-state index in [2.05, 4.69) is 30.3 Å². The maximum atomic E-state index is 6.14. The maximum Gasteiger partial charge on any atom is 0.203 e. The van der Waals surface area contributed by atoms with Crippen molar-refractivity contribution in [2.45, 2.75) is 45.8 Å². The van der Waals surface area contributed by atoms with Gasteiger partial charge >= 0.3 is 0 Å². The van der Waals surface area contributed by atoms with Gasteiger partial charge in [0.1, 0.15) is 0 Å². The standard InChI is InChI=1S/C11H17ClN2O/c1-7(2)10-9-4-5-15-8(3)6-14(9)11(12)13-10/h7-8H,4-6H2,1-3H3/t8-/m1/s1. The Hall–Kier alpha value is -0.540. The van der Waals surface area contributed by atoms with Crippen LogP contribution in [0.2, 0.25) is 5.28 Å². The minimum Gasteiger partial charge on any atom is -0.376 e. The van der Waals surface area contributed by atoms with Gasteiger partial charge in [0.15, 0.2) is 0 Å². The van der Waals surface area contributed by atoms with Gasteiger partial charge in [-0.1, -0.05) is 13.8 Å². The monoisotopic (exact) mass is 228 g/mol. The Balaban J connectivity index is 2.43. The molecule has 0 saturated heterocycles. The molecule has 1 aliphatic rings. The second-order valence-corrected chi connectivity index (χ2v) is 4.75. The first kappa shape index (κ1) is 11.0. The normalized spacial score (nSPS) is 21.5. The molecule has 1 aromatic rings. The molecule has 1 aromatic heterocycles. The molecule has 0 amide bonds. The lowest BCUT2D eigenvalue weighted by Gasteiger charge is -2.10. The molecular formula is C11H17ClN2O. The van der Waals surface area contributed by atoms with Crippen LogP contribution in [-0.2, 0) is 17.7 Å². The van der Waals surface area contributed by atoms with Crippen LogP contribution in [0.15, 0.2) is 0 Å². The fourth-order valence-corrected chi connectivity index (χ4v) is 2.31. The Kier molecular flexibility index (Phi) is 3.03. The van der Waals surface area contributed by atoms with E-state index in [4.69, 9.17) is 16.3 Å². The summed E-state index contributed by atoms with van der Waals surface area (Å²) in [7, 11) is 0. The molecule has 4 heteroatoms. The highest BCUT2D eigenvalue weighted by atomic mass is 35.5. The van der Waals surface area contributed by atoms with Crippen molar-refractivity contribution >= 4 is 11.6 Å². The smallest absolute Gasteiger partial charge is 0.203 e. The average Bonchev–Trinajstić information content (AvgIpc) is 2.36. The SMILES string of the molecule is CC(C)c1nc(Cl)n2c1CCO[C@H](C)C2. The van der Waals surface area contributed by atoms with Crippen LogP contribution in [-0.4, -0.2) is 22.3 Å². The minimum absolute atomic E-state index is 0.220. The van der Waals surface area contributed by atoms with Gasteiger partial charge in [-0.3, -0.25) is 0 Å². The zero-order chi connectivity index (χ0) is 11.0. The molecule has 0 aliphatic carbocycles. The Morgan fingerprint density at radius 1 is 1.53 bits per heavy atom. The van der Waals surface area contributed by atoms with E-state index in [1.54, 1.807) is 0 Å². The molecule has 0 bridgehead atoms. The number of hydrogen-bond acceptors (Lipinski definition) is 2. The van der Waals surface area contributed by atoms with Crippen molar-refractivity contribution in [3.8, 4) is 0 Å². The van der Waals surface area contributed by atoms with E-state index in [1.807, 2.05) is 0 Å². The maximum absolute atomic E-state index is 6.14. The predicted octanol–water partition coefficient (Wildman–Crippen LogP) is 2.62. The van der Waals surface area contributed by atoms with Crippen LogP contribution in [0.3, 0.4) is 0 Å². The number of fused-ring (bicyclic) bond motifs is 1. The fourth-order valence-electron chi connectivity index (χ4n) is 2.05. The molecule has 0 radical (unpaired) electrons. The van der Waals surface area contributed by atoms with Gasteiger partial charge in [-0.25, -0.2) is 4.98 Å². The van der Waals surface area contributed by atoms with Crippen molar-refractivity contribution in [2.75, 3.05) is 6.61 Å². The molecule has 2 rings (SSSR count). The lowest BCUT2D eigenvalue weighted by Crippen LogP contribution is -2.14.